The SMILES string of the molecule is C[C@H]1O[C@@H](n2nc(-c3ccccc3)c3c(Sc4ccccc4)ncnc32)[C@H](O)[C@@H]1O. The minimum Gasteiger partial charge on any atom is -0.388 e. The molecular formula is C22H20N4O3S. The predicted molar refractivity (Wildman–Crippen MR) is 113 cm³/mol. The largest absolute Gasteiger partial charge is 0.388 e. The van der Waals surface area contributed by atoms with Gasteiger partial charge in [0.05, 0.1) is 11.5 Å². The van der Waals surface area contributed by atoms with Gasteiger partial charge in [0.2, 0.25) is 0 Å². The second kappa shape index (κ2) is 7.81. The van der Waals surface area contributed by atoms with Gasteiger partial charge < -0.3 is 14.9 Å². The molecule has 4 aromatic rings. The summed E-state index contributed by atoms with van der Waals surface area (Å²) >= 11 is 1.53. The van der Waals surface area contributed by atoms with E-state index in [0.717, 1.165) is 20.9 Å². The van der Waals surface area contributed by atoms with Crippen LogP contribution in [0.5, 0.6) is 0 Å². The first-order valence-corrected chi connectivity index (χ1v) is 10.5. The maximum Gasteiger partial charge on any atom is 0.181 e. The molecule has 0 radical (unpaired) electrons. The van der Waals surface area contributed by atoms with Gasteiger partial charge in [0.15, 0.2) is 11.9 Å². The predicted octanol–water partition coefficient (Wildman–Crippen LogP) is 3.28. The van der Waals surface area contributed by atoms with Crippen molar-refractivity contribution in [2.24, 2.45) is 0 Å². The summed E-state index contributed by atoms with van der Waals surface area (Å²) in [7, 11) is 0. The van der Waals surface area contributed by atoms with E-state index >= 15 is 0 Å². The molecule has 1 aliphatic heterocycles. The Morgan fingerprint density at radius 3 is 2.30 bits per heavy atom. The Morgan fingerprint density at radius 1 is 0.933 bits per heavy atom. The third-order valence-electron chi connectivity index (χ3n) is 5.18. The van der Waals surface area contributed by atoms with Gasteiger partial charge in [0, 0.05) is 10.5 Å². The number of nitrogens with zero attached hydrogens (tertiary/aromatic N) is 4. The van der Waals surface area contributed by atoms with E-state index in [-0.39, 0.29) is 0 Å². The van der Waals surface area contributed by atoms with E-state index in [1.165, 1.54) is 18.1 Å². The summed E-state index contributed by atoms with van der Waals surface area (Å²) in [6, 6.07) is 19.8. The van der Waals surface area contributed by atoms with Gasteiger partial charge in [-0.3, -0.25) is 0 Å². The van der Waals surface area contributed by atoms with Gasteiger partial charge in [-0.05, 0) is 19.1 Å². The van der Waals surface area contributed by atoms with E-state index in [4.69, 9.17) is 9.84 Å². The first-order valence-electron chi connectivity index (χ1n) is 9.66. The van der Waals surface area contributed by atoms with Crippen LogP contribution in [0.4, 0.5) is 0 Å². The summed E-state index contributed by atoms with van der Waals surface area (Å²) in [5.74, 6) is 0. The molecule has 0 spiro atoms. The van der Waals surface area contributed by atoms with Crippen LogP contribution >= 0.6 is 11.8 Å². The van der Waals surface area contributed by atoms with E-state index in [1.807, 2.05) is 60.7 Å². The Morgan fingerprint density at radius 2 is 1.63 bits per heavy atom. The molecule has 1 saturated heterocycles. The molecule has 0 unspecified atom stereocenters. The minimum atomic E-state index is -1.10. The Labute approximate surface area is 177 Å². The minimum absolute atomic E-state index is 0.510. The van der Waals surface area contributed by atoms with Crippen LogP contribution in [-0.2, 0) is 4.74 Å². The Bertz CT molecular complexity index is 1170. The number of aliphatic hydroxyl groups excluding tert-OH is 2. The zero-order valence-electron chi connectivity index (χ0n) is 16.2. The molecule has 5 rings (SSSR count). The number of aromatic nitrogens is 4. The van der Waals surface area contributed by atoms with Crippen molar-refractivity contribution in [2.45, 2.75) is 41.4 Å². The third-order valence-corrected chi connectivity index (χ3v) is 6.19. The summed E-state index contributed by atoms with van der Waals surface area (Å²) in [6.07, 6.45) is -1.95. The van der Waals surface area contributed by atoms with Crippen molar-refractivity contribution in [3.8, 4) is 11.3 Å². The Hall–Kier alpha value is -2.78. The van der Waals surface area contributed by atoms with Crippen LogP contribution in [-0.4, -0.2) is 48.3 Å². The highest BCUT2D eigenvalue weighted by molar-refractivity contribution is 7.99. The van der Waals surface area contributed by atoms with Crippen molar-refractivity contribution in [1.29, 1.82) is 0 Å². The van der Waals surface area contributed by atoms with Crippen LogP contribution in [0.15, 0.2) is 76.9 Å². The van der Waals surface area contributed by atoms with Crippen LogP contribution in [0.1, 0.15) is 13.2 Å². The van der Waals surface area contributed by atoms with Gasteiger partial charge >= 0.3 is 0 Å². The first-order chi connectivity index (χ1) is 14.6. The fourth-order valence-corrected chi connectivity index (χ4v) is 4.54. The number of fused-ring (bicyclic) bond motifs is 1. The molecule has 0 bridgehead atoms. The molecular weight excluding hydrogens is 400 g/mol. The second-order valence-electron chi connectivity index (χ2n) is 7.16. The quantitative estimate of drug-likeness (QED) is 0.489. The van der Waals surface area contributed by atoms with Crippen LogP contribution in [0.2, 0.25) is 0 Å². The molecule has 2 aromatic heterocycles. The van der Waals surface area contributed by atoms with Crippen molar-refractivity contribution >= 4 is 22.8 Å². The van der Waals surface area contributed by atoms with Crippen molar-refractivity contribution in [3.63, 3.8) is 0 Å². The van der Waals surface area contributed by atoms with Gasteiger partial charge in [0.1, 0.15) is 29.3 Å². The number of benzene rings is 2. The summed E-state index contributed by atoms with van der Waals surface area (Å²) in [6.45, 7) is 1.73. The second-order valence-corrected chi connectivity index (χ2v) is 8.23. The average molecular weight is 420 g/mol. The number of rotatable bonds is 4. The van der Waals surface area contributed by atoms with Crippen LogP contribution < -0.4 is 0 Å². The monoisotopic (exact) mass is 420 g/mol. The van der Waals surface area contributed by atoms with E-state index < -0.39 is 24.5 Å². The molecule has 1 fully saturated rings. The summed E-state index contributed by atoms with van der Waals surface area (Å²) < 4.78 is 7.38. The van der Waals surface area contributed by atoms with E-state index in [1.54, 1.807) is 11.6 Å². The molecule has 0 aliphatic carbocycles. The topological polar surface area (TPSA) is 93.3 Å². The van der Waals surface area contributed by atoms with E-state index in [0.29, 0.717) is 11.3 Å². The standard InChI is InChI=1S/C22H20N4O3S/c1-13-18(27)19(28)22(29-13)26-20-16(17(25-26)14-8-4-2-5-9-14)21(24-12-23-20)30-15-10-6-3-7-11-15/h2-13,18-19,22,27-28H,1H3/t13-,18-,19-,22-/m1/s1. The van der Waals surface area contributed by atoms with Crippen molar-refractivity contribution < 1.29 is 14.9 Å². The average Bonchev–Trinajstić information content (AvgIpc) is 3.29. The number of hydrogen-bond donors (Lipinski definition) is 2. The zero-order chi connectivity index (χ0) is 20.7. The molecule has 1 aliphatic rings. The molecule has 8 heteroatoms. The third kappa shape index (κ3) is 3.27. The zero-order valence-corrected chi connectivity index (χ0v) is 17.0. The molecule has 152 valence electrons. The lowest BCUT2D eigenvalue weighted by molar-refractivity contribution is -0.0370. The van der Waals surface area contributed by atoms with Crippen LogP contribution in [0.25, 0.3) is 22.3 Å². The molecule has 2 N–H and O–H groups in total. The molecule has 7 nitrogen and oxygen atoms in total. The van der Waals surface area contributed by atoms with Crippen molar-refractivity contribution in [1.82, 2.24) is 19.7 Å². The highest BCUT2D eigenvalue weighted by atomic mass is 32.2. The highest BCUT2D eigenvalue weighted by Crippen LogP contribution is 2.39. The molecule has 0 saturated carbocycles. The summed E-state index contributed by atoms with van der Waals surface area (Å²) in [5, 5.41) is 27.0. The van der Waals surface area contributed by atoms with Gasteiger partial charge in [-0.15, -0.1) is 0 Å². The fraction of sp³-hybridized carbons (Fsp3) is 0.227. The van der Waals surface area contributed by atoms with Crippen LogP contribution in [0, 0.1) is 0 Å². The lowest BCUT2D eigenvalue weighted by atomic mass is 10.1. The van der Waals surface area contributed by atoms with Gasteiger partial charge in [-0.1, -0.05) is 60.3 Å². The van der Waals surface area contributed by atoms with Gasteiger partial charge in [-0.25, -0.2) is 14.6 Å². The summed E-state index contributed by atoms with van der Waals surface area (Å²) in [5.41, 5.74) is 2.16. The molecule has 4 atom stereocenters. The maximum atomic E-state index is 10.5. The van der Waals surface area contributed by atoms with E-state index in [9.17, 15) is 10.2 Å². The first kappa shape index (κ1) is 19.2. The molecule has 0 amide bonds. The lowest BCUT2D eigenvalue weighted by Gasteiger charge is -2.15. The number of ether oxygens (including phenoxy) is 1. The molecule has 2 aromatic carbocycles. The highest BCUT2D eigenvalue weighted by Gasteiger charge is 2.43. The maximum absolute atomic E-state index is 10.5. The fourth-order valence-electron chi connectivity index (χ4n) is 3.63. The Balaban J connectivity index is 1.70. The number of hydrogen-bond acceptors (Lipinski definition) is 7. The van der Waals surface area contributed by atoms with Gasteiger partial charge in [-0.2, -0.15) is 5.10 Å². The van der Waals surface area contributed by atoms with Crippen molar-refractivity contribution in [2.75, 3.05) is 0 Å². The summed E-state index contributed by atoms with van der Waals surface area (Å²) in [4.78, 5) is 10.0. The van der Waals surface area contributed by atoms with Crippen LogP contribution in [0.3, 0.4) is 0 Å². The molecule has 30 heavy (non-hydrogen) atoms. The van der Waals surface area contributed by atoms with E-state index in [2.05, 4.69) is 9.97 Å². The molecule has 3 heterocycles. The van der Waals surface area contributed by atoms with Crippen molar-refractivity contribution in [3.05, 3.63) is 67.0 Å². The van der Waals surface area contributed by atoms with Gasteiger partial charge in [0.25, 0.3) is 0 Å². The normalized spacial score (nSPS) is 23.8. The lowest BCUT2D eigenvalue weighted by Crippen LogP contribution is -2.30. The smallest absolute Gasteiger partial charge is 0.181 e. The number of aliphatic hydroxyl groups is 2. The Kier molecular flexibility index (Phi) is 5.00.